The van der Waals surface area contributed by atoms with E-state index in [9.17, 15) is 19.5 Å². The van der Waals surface area contributed by atoms with Crippen LogP contribution in [0.3, 0.4) is 0 Å². The predicted octanol–water partition coefficient (Wildman–Crippen LogP) is 3.81. The van der Waals surface area contributed by atoms with Crippen LogP contribution in [0.4, 0.5) is 0 Å². The highest BCUT2D eigenvalue weighted by Gasteiger charge is 2.34. The Morgan fingerprint density at radius 2 is 1.91 bits per heavy atom. The monoisotopic (exact) mass is 628 g/mol. The maximum Gasteiger partial charge on any atom is 0.338 e. The van der Waals surface area contributed by atoms with Gasteiger partial charge < -0.3 is 28.8 Å². The summed E-state index contributed by atoms with van der Waals surface area (Å²) in [5.74, 6) is 0.430. The molecule has 6 rings (SSSR count). The lowest BCUT2D eigenvalue weighted by Gasteiger charge is -2.24. The summed E-state index contributed by atoms with van der Waals surface area (Å²) in [6.07, 6.45) is 1.73. The first-order chi connectivity index (χ1) is 21.8. The number of carbonyl (C=O) groups is 2. The van der Waals surface area contributed by atoms with Gasteiger partial charge in [0, 0.05) is 0 Å². The second kappa shape index (κ2) is 12.3. The van der Waals surface area contributed by atoms with Crippen molar-refractivity contribution in [3.8, 4) is 23.0 Å². The molecule has 0 spiro atoms. The Labute approximate surface area is 260 Å². The third-order valence-corrected chi connectivity index (χ3v) is 8.27. The van der Waals surface area contributed by atoms with Crippen molar-refractivity contribution in [1.82, 2.24) is 4.57 Å². The topological polar surface area (TPSA) is 135 Å². The van der Waals surface area contributed by atoms with Gasteiger partial charge in [-0.2, -0.15) is 0 Å². The number of hydrogen-bond acceptors (Lipinski definition) is 10. The summed E-state index contributed by atoms with van der Waals surface area (Å²) in [4.78, 5) is 43.5. The molecule has 1 aromatic heterocycles. The average molecular weight is 629 g/mol. The van der Waals surface area contributed by atoms with E-state index in [0.29, 0.717) is 54.7 Å². The van der Waals surface area contributed by atoms with Crippen molar-refractivity contribution in [3.63, 3.8) is 0 Å². The zero-order valence-electron chi connectivity index (χ0n) is 24.6. The van der Waals surface area contributed by atoms with E-state index < -0.39 is 18.0 Å². The molecule has 230 valence electrons. The zero-order valence-corrected chi connectivity index (χ0v) is 25.4. The molecule has 12 heteroatoms. The van der Waals surface area contributed by atoms with Gasteiger partial charge in [0.05, 0.1) is 41.1 Å². The van der Waals surface area contributed by atoms with Crippen molar-refractivity contribution < 1.29 is 38.4 Å². The Hall–Kier alpha value is -5.36. The smallest absolute Gasteiger partial charge is 0.338 e. The van der Waals surface area contributed by atoms with Gasteiger partial charge in [-0.25, -0.2) is 14.6 Å². The number of aromatic carboxylic acids is 1. The number of aromatic nitrogens is 1. The molecule has 2 aliphatic heterocycles. The van der Waals surface area contributed by atoms with E-state index in [4.69, 9.17) is 23.7 Å². The molecule has 1 atom stereocenters. The number of allylic oxidation sites excluding steroid dienone is 1. The first-order valence-corrected chi connectivity index (χ1v) is 14.8. The number of methoxy groups -OCH3 is 1. The molecule has 11 nitrogen and oxygen atoms in total. The Morgan fingerprint density at radius 1 is 1.09 bits per heavy atom. The molecule has 0 saturated heterocycles. The molecule has 0 fully saturated rings. The predicted molar refractivity (Wildman–Crippen MR) is 164 cm³/mol. The molecule has 1 N–H and O–H groups in total. The minimum atomic E-state index is -1.02. The lowest BCUT2D eigenvalue weighted by molar-refractivity contribution is -0.139. The molecule has 4 aromatic rings. The summed E-state index contributed by atoms with van der Waals surface area (Å²) in [6, 6.07) is 16.3. The standard InChI is InChI=1S/C33H28N2O9S/c1-4-41-32(39)28-18(2)34-33-35(29(28)21-9-11-24-26(15-21)44-17-43-24)30(36)27(45-33)14-19-8-10-23(25(13-19)40-3)42-16-20-6-5-7-22(12-20)31(37)38/h5-15,29H,4,16-17H2,1-3H3,(H,37,38)/b27-14-/t29-/m0/s1. The number of hydrogen-bond donors (Lipinski definition) is 1. The van der Waals surface area contributed by atoms with Crippen LogP contribution in [0, 0.1) is 0 Å². The van der Waals surface area contributed by atoms with Crippen LogP contribution >= 0.6 is 11.3 Å². The molecule has 0 aliphatic carbocycles. The number of esters is 1. The van der Waals surface area contributed by atoms with Gasteiger partial charge in [0.25, 0.3) is 5.56 Å². The van der Waals surface area contributed by atoms with E-state index in [1.54, 1.807) is 74.5 Å². The number of fused-ring (bicyclic) bond motifs is 2. The number of thiazole rings is 1. The number of carboxylic acids is 1. The minimum absolute atomic E-state index is 0.0896. The zero-order chi connectivity index (χ0) is 31.7. The van der Waals surface area contributed by atoms with Gasteiger partial charge in [0.2, 0.25) is 6.79 Å². The SMILES string of the molecule is CCOC(=O)C1=C(C)N=c2s/c(=C\c3ccc(OCc4cccc(C(=O)O)c4)c(OC)c3)c(=O)n2[C@H]1c1ccc2c(c1)OCO2. The molecule has 0 amide bonds. The van der Waals surface area contributed by atoms with Gasteiger partial charge in [-0.1, -0.05) is 35.6 Å². The molecule has 2 aliphatic rings. The fraction of sp³-hybridized carbons (Fsp3) is 0.212. The highest BCUT2D eigenvalue weighted by Crippen LogP contribution is 2.38. The molecule has 3 heterocycles. The molecular formula is C33H28N2O9S. The van der Waals surface area contributed by atoms with Gasteiger partial charge in [-0.05, 0) is 73.0 Å². The van der Waals surface area contributed by atoms with Gasteiger partial charge >= 0.3 is 11.9 Å². The molecule has 3 aromatic carbocycles. The van der Waals surface area contributed by atoms with Crippen LogP contribution in [0.2, 0.25) is 0 Å². The van der Waals surface area contributed by atoms with Crippen molar-refractivity contribution in [1.29, 1.82) is 0 Å². The highest BCUT2D eigenvalue weighted by molar-refractivity contribution is 7.07. The van der Waals surface area contributed by atoms with Gasteiger partial charge in [0.15, 0.2) is 27.8 Å². The Kier molecular flexibility index (Phi) is 8.14. The molecular weight excluding hydrogens is 600 g/mol. The molecule has 0 bridgehead atoms. The highest BCUT2D eigenvalue weighted by atomic mass is 32.1. The second-order valence-electron chi connectivity index (χ2n) is 10.1. The van der Waals surface area contributed by atoms with Gasteiger partial charge in [-0.15, -0.1) is 0 Å². The maximum absolute atomic E-state index is 14.0. The molecule has 45 heavy (non-hydrogen) atoms. The maximum atomic E-state index is 14.0. The summed E-state index contributed by atoms with van der Waals surface area (Å²) in [7, 11) is 1.51. The van der Waals surface area contributed by atoms with Crippen molar-refractivity contribution >= 4 is 29.4 Å². The summed E-state index contributed by atoms with van der Waals surface area (Å²) in [5.41, 5.74) is 2.60. The summed E-state index contributed by atoms with van der Waals surface area (Å²) >= 11 is 1.21. The van der Waals surface area contributed by atoms with Crippen LogP contribution < -0.4 is 33.8 Å². The third kappa shape index (κ3) is 5.79. The van der Waals surface area contributed by atoms with Crippen molar-refractivity contribution in [2.75, 3.05) is 20.5 Å². The largest absolute Gasteiger partial charge is 0.493 e. The number of carbonyl (C=O) groups excluding carboxylic acids is 1. The van der Waals surface area contributed by atoms with E-state index in [1.165, 1.54) is 29.1 Å². The number of benzene rings is 3. The quantitative estimate of drug-likeness (QED) is 0.275. The molecule has 0 radical (unpaired) electrons. The lowest BCUT2D eigenvalue weighted by atomic mass is 9.95. The van der Waals surface area contributed by atoms with Gasteiger partial charge in [-0.3, -0.25) is 9.36 Å². The lowest BCUT2D eigenvalue weighted by Crippen LogP contribution is -2.39. The third-order valence-electron chi connectivity index (χ3n) is 7.28. The van der Waals surface area contributed by atoms with E-state index in [2.05, 4.69) is 4.99 Å². The van der Waals surface area contributed by atoms with Crippen LogP contribution in [0.1, 0.15) is 46.9 Å². The normalized spacial score (nSPS) is 15.4. The summed E-state index contributed by atoms with van der Waals surface area (Å²) in [5, 5.41) is 9.25. The fourth-order valence-corrected chi connectivity index (χ4v) is 6.24. The number of ether oxygens (including phenoxy) is 5. The van der Waals surface area contributed by atoms with Crippen molar-refractivity contribution in [2.24, 2.45) is 4.99 Å². The van der Waals surface area contributed by atoms with Gasteiger partial charge in [0.1, 0.15) is 6.61 Å². The van der Waals surface area contributed by atoms with Crippen LogP contribution in [-0.2, 0) is 16.1 Å². The first-order valence-electron chi connectivity index (χ1n) is 14.0. The summed E-state index contributed by atoms with van der Waals surface area (Å²) < 4.78 is 29.8. The Bertz CT molecular complexity index is 2040. The Balaban J connectivity index is 1.37. The number of carboxylic acid groups (broad SMARTS) is 1. The average Bonchev–Trinajstić information content (AvgIpc) is 3.63. The van der Waals surface area contributed by atoms with E-state index >= 15 is 0 Å². The minimum Gasteiger partial charge on any atom is -0.493 e. The number of rotatable bonds is 9. The van der Waals surface area contributed by atoms with E-state index in [-0.39, 0.29) is 36.7 Å². The molecule has 0 unspecified atom stereocenters. The van der Waals surface area contributed by atoms with Crippen molar-refractivity contribution in [2.45, 2.75) is 26.5 Å². The van der Waals surface area contributed by atoms with Crippen LogP contribution in [-0.4, -0.2) is 42.1 Å². The molecule has 0 saturated carbocycles. The summed E-state index contributed by atoms with van der Waals surface area (Å²) in [6.45, 7) is 3.85. The first kappa shape index (κ1) is 29.7. The van der Waals surface area contributed by atoms with E-state index in [0.717, 1.165) is 0 Å². The van der Waals surface area contributed by atoms with E-state index in [1.807, 2.05) is 0 Å². The number of nitrogens with zero attached hydrogens (tertiary/aromatic N) is 2. The second-order valence-corrected chi connectivity index (χ2v) is 11.1. The van der Waals surface area contributed by atoms with Crippen LogP contribution in [0.25, 0.3) is 6.08 Å². The van der Waals surface area contributed by atoms with Crippen molar-refractivity contribution in [3.05, 3.63) is 114 Å². The fourth-order valence-electron chi connectivity index (χ4n) is 5.19. The Morgan fingerprint density at radius 3 is 2.69 bits per heavy atom. The van der Waals surface area contributed by atoms with Crippen LogP contribution in [0.5, 0.6) is 23.0 Å². The van der Waals surface area contributed by atoms with Crippen LogP contribution in [0.15, 0.2) is 81.7 Å².